The second kappa shape index (κ2) is 8.23. The Labute approximate surface area is 187 Å². The van der Waals surface area contributed by atoms with Crippen molar-refractivity contribution in [3.8, 4) is 5.75 Å². The van der Waals surface area contributed by atoms with Gasteiger partial charge in [0.15, 0.2) is 5.78 Å². The van der Waals surface area contributed by atoms with E-state index in [9.17, 15) is 14.4 Å². The van der Waals surface area contributed by atoms with Gasteiger partial charge in [0, 0.05) is 17.4 Å². The molecule has 3 aromatic rings. The van der Waals surface area contributed by atoms with Gasteiger partial charge in [-0.3, -0.25) is 14.4 Å². The van der Waals surface area contributed by atoms with Gasteiger partial charge in [0.2, 0.25) is 0 Å². The monoisotopic (exact) mass is 430 g/mol. The smallest absolute Gasteiger partial charge is 0.320 e. The molecule has 0 amide bonds. The number of Topliss-reactive ketones (excluding diaryl/α,β-unsaturated/α-hetero) is 1. The molecule has 1 atom stereocenters. The van der Waals surface area contributed by atoms with Gasteiger partial charge in [-0.05, 0) is 50.6 Å². The largest absolute Gasteiger partial charge is 0.459 e. The first-order valence-corrected chi connectivity index (χ1v) is 10.7. The predicted molar refractivity (Wildman–Crippen MR) is 122 cm³/mol. The Balaban J connectivity index is 1.56. The molecule has 0 saturated heterocycles. The van der Waals surface area contributed by atoms with E-state index in [-0.39, 0.29) is 25.0 Å². The maximum absolute atomic E-state index is 13.3. The first kappa shape index (κ1) is 21.8. The zero-order chi connectivity index (χ0) is 22.9. The average Bonchev–Trinajstić information content (AvgIpc) is 3.05. The molecule has 5 heteroatoms. The minimum atomic E-state index is -1.42. The fourth-order valence-corrected chi connectivity index (χ4v) is 4.18. The van der Waals surface area contributed by atoms with Gasteiger partial charge in [0.05, 0.1) is 0 Å². The van der Waals surface area contributed by atoms with Gasteiger partial charge in [-0.15, -0.1) is 0 Å². The highest BCUT2D eigenvalue weighted by Gasteiger charge is 2.53. The minimum Gasteiger partial charge on any atom is -0.459 e. The van der Waals surface area contributed by atoms with Crippen molar-refractivity contribution >= 4 is 28.5 Å². The fraction of sp³-hybridized carbons (Fsp3) is 0.296. The summed E-state index contributed by atoms with van der Waals surface area (Å²) in [7, 11) is 0. The molecule has 0 saturated carbocycles. The van der Waals surface area contributed by atoms with Gasteiger partial charge in [-0.1, -0.05) is 60.7 Å². The van der Waals surface area contributed by atoms with Crippen LogP contribution in [0.1, 0.15) is 49.5 Å². The van der Waals surface area contributed by atoms with Crippen molar-refractivity contribution in [2.75, 3.05) is 0 Å². The maximum atomic E-state index is 13.3. The van der Waals surface area contributed by atoms with Crippen molar-refractivity contribution in [2.24, 2.45) is 5.41 Å². The first-order chi connectivity index (χ1) is 15.2. The summed E-state index contributed by atoms with van der Waals surface area (Å²) in [6.07, 6.45) is 0.166. The SMILES string of the molecule is CC(C)(C)OC(=O)[C@@]1(CCC(=O)Oc2cccc3ccccc23)Cc2ccccc2C1=O. The van der Waals surface area contributed by atoms with Gasteiger partial charge in [-0.25, -0.2) is 0 Å². The number of carbonyl (C=O) groups is 3. The molecule has 1 aliphatic carbocycles. The molecule has 0 spiro atoms. The van der Waals surface area contributed by atoms with E-state index in [1.807, 2.05) is 48.5 Å². The van der Waals surface area contributed by atoms with Crippen LogP contribution in [0.15, 0.2) is 66.7 Å². The Morgan fingerprint density at radius 1 is 0.938 bits per heavy atom. The molecule has 0 bridgehead atoms. The number of esters is 2. The van der Waals surface area contributed by atoms with Crippen molar-refractivity contribution in [3.63, 3.8) is 0 Å². The summed E-state index contributed by atoms with van der Waals surface area (Å²) in [4.78, 5) is 39.3. The van der Waals surface area contributed by atoms with E-state index in [4.69, 9.17) is 9.47 Å². The Hall–Kier alpha value is -3.47. The number of carbonyl (C=O) groups excluding carboxylic acids is 3. The highest BCUT2D eigenvalue weighted by Crippen LogP contribution is 2.42. The first-order valence-electron chi connectivity index (χ1n) is 10.7. The number of ketones is 1. The lowest BCUT2D eigenvalue weighted by atomic mass is 9.79. The summed E-state index contributed by atoms with van der Waals surface area (Å²) in [6.45, 7) is 5.29. The molecule has 4 rings (SSSR count). The third-order valence-corrected chi connectivity index (χ3v) is 5.71. The van der Waals surface area contributed by atoms with E-state index in [1.165, 1.54) is 0 Å². The molecule has 0 aliphatic heterocycles. The molecule has 0 heterocycles. The number of rotatable bonds is 5. The van der Waals surface area contributed by atoms with Gasteiger partial charge < -0.3 is 9.47 Å². The molecule has 32 heavy (non-hydrogen) atoms. The van der Waals surface area contributed by atoms with Crippen molar-refractivity contribution in [1.82, 2.24) is 0 Å². The Morgan fingerprint density at radius 2 is 1.62 bits per heavy atom. The second-order valence-electron chi connectivity index (χ2n) is 9.20. The van der Waals surface area contributed by atoms with Gasteiger partial charge >= 0.3 is 11.9 Å². The minimum absolute atomic E-state index is 0.0268. The third kappa shape index (κ3) is 4.15. The molecule has 0 unspecified atom stereocenters. The number of hydrogen-bond donors (Lipinski definition) is 0. The van der Waals surface area contributed by atoms with Crippen molar-refractivity contribution in [3.05, 3.63) is 77.9 Å². The molecule has 5 nitrogen and oxygen atoms in total. The van der Waals surface area contributed by atoms with Crippen LogP contribution in [0, 0.1) is 5.41 Å². The number of benzene rings is 3. The lowest BCUT2D eigenvalue weighted by Crippen LogP contribution is -2.42. The van der Waals surface area contributed by atoms with E-state index < -0.39 is 23.0 Å². The third-order valence-electron chi connectivity index (χ3n) is 5.71. The van der Waals surface area contributed by atoms with Crippen LogP contribution in [0.2, 0.25) is 0 Å². The maximum Gasteiger partial charge on any atom is 0.320 e. The van der Waals surface area contributed by atoms with Crippen LogP contribution in [0.25, 0.3) is 10.8 Å². The number of fused-ring (bicyclic) bond motifs is 2. The van der Waals surface area contributed by atoms with E-state index in [2.05, 4.69) is 0 Å². The molecule has 0 radical (unpaired) electrons. The number of hydrogen-bond acceptors (Lipinski definition) is 5. The molecular weight excluding hydrogens is 404 g/mol. The molecule has 164 valence electrons. The molecule has 1 aliphatic rings. The van der Waals surface area contributed by atoms with E-state index >= 15 is 0 Å². The van der Waals surface area contributed by atoms with E-state index in [0.29, 0.717) is 11.3 Å². The second-order valence-corrected chi connectivity index (χ2v) is 9.20. The van der Waals surface area contributed by atoms with Crippen LogP contribution in [0.5, 0.6) is 5.75 Å². The highest BCUT2D eigenvalue weighted by molar-refractivity contribution is 6.16. The number of ether oxygens (including phenoxy) is 2. The van der Waals surface area contributed by atoms with Crippen LogP contribution in [0.3, 0.4) is 0 Å². The van der Waals surface area contributed by atoms with Gasteiger partial charge in [0.1, 0.15) is 16.8 Å². The molecule has 0 aromatic heterocycles. The van der Waals surface area contributed by atoms with Gasteiger partial charge in [0.25, 0.3) is 0 Å². The quantitative estimate of drug-likeness (QED) is 0.312. The lowest BCUT2D eigenvalue weighted by molar-refractivity contribution is -0.164. The Morgan fingerprint density at radius 3 is 2.38 bits per heavy atom. The normalized spacial score (nSPS) is 17.8. The van der Waals surface area contributed by atoms with Crippen LogP contribution in [-0.4, -0.2) is 23.3 Å². The van der Waals surface area contributed by atoms with Gasteiger partial charge in [-0.2, -0.15) is 0 Å². The zero-order valence-corrected chi connectivity index (χ0v) is 18.5. The average molecular weight is 431 g/mol. The summed E-state index contributed by atoms with van der Waals surface area (Å²) < 4.78 is 11.2. The van der Waals surface area contributed by atoms with Crippen LogP contribution < -0.4 is 4.74 Å². The van der Waals surface area contributed by atoms with Crippen molar-refractivity contribution < 1.29 is 23.9 Å². The summed E-state index contributed by atoms with van der Waals surface area (Å²) in [6, 6.07) is 20.3. The highest BCUT2D eigenvalue weighted by atomic mass is 16.6. The predicted octanol–water partition coefficient (Wildman–Crippen LogP) is 5.29. The summed E-state index contributed by atoms with van der Waals surface area (Å²) in [5, 5.41) is 1.79. The Bertz CT molecular complexity index is 1200. The standard InChI is InChI=1S/C27H26O5/c1-26(2,3)32-25(30)27(17-19-10-5-7-13-21(19)24(27)29)16-15-23(28)31-22-14-8-11-18-9-4-6-12-20(18)22/h4-14H,15-17H2,1-3H3/t27-/m0/s1. The summed E-state index contributed by atoms with van der Waals surface area (Å²) >= 11 is 0. The molecule has 3 aromatic carbocycles. The van der Waals surface area contributed by atoms with Crippen LogP contribution in [-0.2, 0) is 20.7 Å². The zero-order valence-electron chi connectivity index (χ0n) is 18.5. The van der Waals surface area contributed by atoms with Crippen LogP contribution >= 0.6 is 0 Å². The van der Waals surface area contributed by atoms with E-state index in [1.54, 1.807) is 39.0 Å². The lowest BCUT2D eigenvalue weighted by Gasteiger charge is -2.29. The summed E-state index contributed by atoms with van der Waals surface area (Å²) in [5.41, 5.74) is -0.858. The topological polar surface area (TPSA) is 69.7 Å². The van der Waals surface area contributed by atoms with Crippen LogP contribution in [0.4, 0.5) is 0 Å². The molecular formula is C27H26O5. The Kier molecular flexibility index (Phi) is 5.59. The fourth-order valence-electron chi connectivity index (χ4n) is 4.18. The van der Waals surface area contributed by atoms with Crippen molar-refractivity contribution in [2.45, 2.75) is 45.6 Å². The molecule has 0 fully saturated rings. The summed E-state index contributed by atoms with van der Waals surface area (Å²) in [5.74, 6) is -0.919. The van der Waals surface area contributed by atoms with Crippen molar-refractivity contribution in [1.29, 1.82) is 0 Å². The molecule has 0 N–H and O–H groups in total. The van der Waals surface area contributed by atoms with E-state index in [0.717, 1.165) is 16.3 Å².